The van der Waals surface area contributed by atoms with Gasteiger partial charge >= 0.3 is 11.9 Å². The summed E-state index contributed by atoms with van der Waals surface area (Å²) in [5, 5.41) is 21.1. The van der Waals surface area contributed by atoms with Crippen LogP contribution in [0.2, 0.25) is 0 Å². The van der Waals surface area contributed by atoms with Crippen LogP contribution in [0.25, 0.3) is 11.1 Å². The molecule has 0 unspecified atom stereocenters. The maximum absolute atomic E-state index is 14.7. The molecule has 0 saturated heterocycles. The molecule has 34 heavy (non-hydrogen) atoms. The summed E-state index contributed by atoms with van der Waals surface area (Å²) < 4.78 is 14.7. The maximum Gasteiger partial charge on any atom is 0.321 e. The van der Waals surface area contributed by atoms with Crippen LogP contribution in [0.5, 0.6) is 0 Å². The van der Waals surface area contributed by atoms with Crippen molar-refractivity contribution in [2.75, 3.05) is 6.54 Å². The van der Waals surface area contributed by atoms with Gasteiger partial charge < -0.3 is 15.5 Å². The molecule has 0 spiro atoms. The number of benzene rings is 2. The molecule has 184 valence electrons. The number of nitrogens with one attached hydrogen (secondary N) is 1. The predicted octanol–water partition coefficient (Wildman–Crippen LogP) is 5.70. The second-order valence-corrected chi connectivity index (χ2v) is 8.40. The van der Waals surface area contributed by atoms with Crippen LogP contribution in [0.4, 0.5) is 4.39 Å². The smallest absolute Gasteiger partial charge is 0.321 e. The molecule has 2 rings (SSSR count). The quantitative estimate of drug-likeness (QED) is 0.202. The molecule has 0 bridgehead atoms. The van der Waals surface area contributed by atoms with Gasteiger partial charge in [0.05, 0.1) is 6.54 Å². The lowest BCUT2D eigenvalue weighted by molar-refractivity contribution is -0.162. The molecule has 0 aromatic heterocycles. The average Bonchev–Trinajstić information content (AvgIpc) is 2.79. The van der Waals surface area contributed by atoms with Crippen molar-refractivity contribution in [3.05, 3.63) is 59.4 Å². The summed E-state index contributed by atoms with van der Waals surface area (Å²) in [7, 11) is 0. The molecule has 0 aliphatic rings. The Morgan fingerprint density at radius 3 is 2.21 bits per heavy atom. The van der Waals surface area contributed by atoms with Gasteiger partial charge in [-0.05, 0) is 42.5 Å². The van der Waals surface area contributed by atoms with Crippen molar-refractivity contribution in [2.45, 2.75) is 58.9 Å². The predicted molar refractivity (Wildman–Crippen MR) is 134 cm³/mol. The number of carbonyl (C=O) groups is 2. The minimum atomic E-state index is -1.93. The van der Waals surface area contributed by atoms with Gasteiger partial charge in [0.2, 0.25) is 0 Å². The summed E-state index contributed by atoms with van der Waals surface area (Å²) in [5.41, 5.74) is 1.49. The van der Waals surface area contributed by atoms with E-state index < -0.39 is 17.4 Å². The molecule has 0 fully saturated rings. The number of halogens is 2. The number of aryl methyl sites for hydroxylation is 1. The van der Waals surface area contributed by atoms with Crippen LogP contribution in [0.15, 0.2) is 42.5 Å². The van der Waals surface area contributed by atoms with E-state index in [2.05, 4.69) is 36.2 Å². The van der Waals surface area contributed by atoms with Crippen molar-refractivity contribution in [3.63, 3.8) is 0 Å². The highest BCUT2D eigenvalue weighted by Gasteiger charge is 2.40. The van der Waals surface area contributed by atoms with E-state index in [1.165, 1.54) is 37.3 Å². The van der Waals surface area contributed by atoms with Gasteiger partial charge in [0.25, 0.3) is 0 Å². The first-order valence-electron chi connectivity index (χ1n) is 11.3. The number of rotatable bonds is 12. The summed E-state index contributed by atoms with van der Waals surface area (Å²) >= 11 is 0. The van der Waals surface area contributed by atoms with Crippen molar-refractivity contribution in [2.24, 2.45) is 5.41 Å². The van der Waals surface area contributed by atoms with Gasteiger partial charge in [-0.15, -0.1) is 18.3 Å². The fourth-order valence-electron chi connectivity index (χ4n) is 3.32. The van der Waals surface area contributed by atoms with Crippen molar-refractivity contribution in [1.29, 1.82) is 0 Å². The highest BCUT2D eigenvalue weighted by molar-refractivity contribution is 5.98. The Morgan fingerprint density at radius 2 is 1.62 bits per heavy atom. The number of aliphatic carboxylic acids is 2. The van der Waals surface area contributed by atoms with Gasteiger partial charge in [-0.3, -0.25) is 9.59 Å². The van der Waals surface area contributed by atoms with Crippen LogP contribution in [-0.4, -0.2) is 28.7 Å². The number of hydrogen-bond acceptors (Lipinski definition) is 3. The Bertz CT molecular complexity index is 998. The topological polar surface area (TPSA) is 86.6 Å². The number of hydrogen-bond donors (Lipinski definition) is 3. The first-order chi connectivity index (χ1) is 15.8. The van der Waals surface area contributed by atoms with Crippen LogP contribution in [0, 0.1) is 23.1 Å². The van der Waals surface area contributed by atoms with Crippen LogP contribution >= 0.6 is 12.4 Å². The van der Waals surface area contributed by atoms with Gasteiger partial charge in [0, 0.05) is 18.5 Å². The highest BCUT2D eigenvalue weighted by atomic mass is 35.5. The Kier molecular flexibility index (Phi) is 12.3. The molecule has 0 radical (unpaired) electrons. The van der Waals surface area contributed by atoms with Crippen LogP contribution in [-0.2, 0) is 22.6 Å². The van der Waals surface area contributed by atoms with Crippen molar-refractivity contribution < 1.29 is 24.2 Å². The molecule has 0 amide bonds. The van der Waals surface area contributed by atoms with Crippen molar-refractivity contribution in [3.8, 4) is 23.0 Å². The monoisotopic (exact) mass is 489 g/mol. The molecule has 0 atom stereocenters. The van der Waals surface area contributed by atoms with E-state index in [0.29, 0.717) is 12.1 Å². The van der Waals surface area contributed by atoms with Crippen LogP contribution in [0.1, 0.15) is 57.1 Å². The first-order valence-corrected chi connectivity index (χ1v) is 11.3. The summed E-state index contributed by atoms with van der Waals surface area (Å²) in [6.07, 6.45) is 5.63. The summed E-state index contributed by atoms with van der Waals surface area (Å²) in [4.78, 5) is 22.2. The van der Waals surface area contributed by atoms with Gasteiger partial charge in [0.1, 0.15) is 5.82 Å². The molecule has 2 aromatic carbocycles. The first kappa shape index (κ1) is 29.2. The van der Waals surface area contributed by atoms with Gasteiger partial charge in [-0.25, -0.2) is 4.39 Å². The fourth-order valence-corrected chi connectivity index (χ4v) is 3.32. The molecule has 5 nitrogen and oxygen atoms in total. The Morgan fingerprint density at radius 1 is 0.971 bits per heavy atom. The molecule has 7 heteroatoms. The van der Waals surface area contributed by atoms with Crippen molar-refractivity contribution in [1.82, 2.24) is 5.32 Å². The standard InChI is InChI=1S/C27H32FNO4.ClH/c1-3-4-5-6-9-20-10-13-22(14-11-20)23-15-12-21(18-24(23)28)19-29-17-8-7-16-27(2,25(30)31)26(32)33;/h10-15,18,29H,3-6,9,16-17,19H2,1-2H3,(H,30,31)(H,32,33);1H. The second-order valence-electron chi connectivity index (χ2n) is 8.40. The molecular formula is C27H33ClFNO4. The van der Waals surface area contributed by atoms with Gasteiger partial charge in [0.15, 0.2) is 5.41 Å². The van der Waals surface area contributed by atoms with Gasteiger partial charge in [-0.1, -0.05) is 68.5 Å². The minimum Gasteiger partial charge on any atom is -0.480 e. The third-order valence-corrected chi connectivity index (χ3v) is 5.67. The van der Waals surface area contributed by atoms with E-state index in [1.807, 2.05) is 18.2 Å². The molecule has 2 aromatic rings. The van der Waals surface area contributed by atoms with Gasteiger partial charge in [-0.2, -0.15) is 0 Å². The molecular weight excluding hydrogens is 457 g/mol. The molecule has 0 aliphatic carbocycles. The number of carboxylic acid groups (broad SMARTS) is 2. The second kappa shape index (κ2) is 14.4. The lowest BCUT2D eigenvalue weighted by atomic mass is 9.87. The summed E-state index contributed by atoms with van der Waals surface area (Å²) in [6, 6.07) is 13.2. The highest BCUT2D eigenvalue weighted by Crippen LogP contribution is 2.25. The van der Waals surface area contributed by atoms with E-state index >= 15 is 0 Å². The third kappa shape index (κ3) is 8.48. The third-order valence-electron chi connectivity index (χ3n) is 5.67. The molecule has 0 heterocycles. The maximum atomic E-state index is 14.7. The zero-order chi connectivity index (χ0) is 24.3. The zero-order valence-corrected chi connectivity index (χ0v) is 20.5. The fraction of sp³-hybridized carbons (Fsp3) is 0.407. The van der Waals surface area contributed by atoms with E-state index in [1.54, 1.807) is 6.07 Å². The number of unbranched alkanes of at least 4 members (excludes halogenated alkanes) is 3. The Hall–Kier alpha value is -2.88. The largest absolute Gasteiger partial charge is 0.480 e. The Balaban J connectivity index is 0.00000578. The van der Waals surface area contributed by atoms with Crippen LogP contribution in [0.3, 0.4) is 0 Å². The SMILES string of the molecule is CCCCCCc1ccc(-c2ccc(CNCC#CCC(C)(C(=O)O)C(=O)O)cc2F)cc1.Cl. The molecule has 0 aliphatic heterocycles. The van der Waals surface area contributed by atoms with E-state index in [4.69, 9.17) is 10.2 Å². The number of carboxylic acids is 2. The minimum absolute atomic E-state index is 0. The van der Waals surface area contributed by atoms with E-state index in [9.17, 15) is 14.0 Å². The lowest BCUT2D eigenvalue weighted by Gasteiger charge is -2.15. The average molecular weight is 490 g/mol. The van der Waals surface area contributed by atoms with Crippen LogP contribution < -0.4 is 5.32 Å². The van der Waals surface area contributed by atoms with Crippen molar-refractivity contribution >= 4 is 24.3 Å². The Labute approximate surface area is 207 Å². The van der Waals surface area contributed by atoms with E-state index in [-0.39, 0.29) is 31.2 Å². The summed E-state index contributed by atoms with van der Waals surface area (Å²) in [5.74, 6) is 2.17. The molecule has 0 saturated carbocycles. The normalized spacial score (nSPS) is 10.7. The summed E-state index contributed by atoms with van der Waals surface area (Å²) in [6.45, 7) is 3.95. The zero-order valence-electron chi connectivity index (χ0n) is 19.7. The van der Waals surface area contributed by atoms with E-state index in [0.717, 1.165) is 24.5 Å². The lowest BCUT2D eigenvalue weighted by Crippen LogP contribution is -2.35. The molecule has 3 N–H and O–H groups in total.